The zero-order valence-corrected chi connectivity index (χ0v) is 10.3. The van der Waals surface area contributed by atoms with Crippen LogP contribution in [0.1, 0.15) is 17.2 Å². The van der Waals surface area contributed by atoms with E-state index in [0.29, 0.717) is 18.7 Å². The van der Waals surface area contributed by atoms with Crippen molar-refractivity contribution in [3.63, 3.8) is 0 Å². The number of rotatable bonds is 5. The summed E-state index contributed by atoms with van der Waals surface area (Å²) < 4.78 is 25.4. The standard InChI is InChI=1S/C15H15F2NO/c16-13-5-1-11(2-6-13)9-18-10-15(19)12-3-7-14(17)8-4-12/h1-8,15,18-19H,9-10H2/t15-/m1/s1. The summed E-state index contributed by atoms with van der Waals surface area (Å²) in [7, 11) is 0. The van der Waals surface area contributed by atoms with Crippen molar-refractivity contribution in [3.8, 4) is 0 Å². The third kappa shape index (κ3) is 4.12. The van der Waals surface area contributed by atoms with Gasteiger partial charge < -0.3 is 10.4 Å². The first-order valence-corrected chi connectivity index (χ1v) is 6.04. The van der Waals surface area contributed by atoms with Crippen LogP contribution in [0.25, 0.3) is 0 Å². The predicted octanol–water partition coefficient (Wildman–Crippen LogP) is 2.79. The minimum atomic E-state index is -0.693. The summed E-state index contributed by atoms with van der Waals surface area (Å²) >= 11 is 0. The molecule has 0 radical (unpaired) electrons. The van der Waals surface area contributed by atoms with Crippen LogP contribution in [-0.2, 0) is 6.54 Å². The molecule has 4 heteroatoms. The zero-order valence-electron chi connectivity index (χ0n) is 10.3. The Kier molecular flexibility index (Phi) is 4.60. The van der Waals surface area contributed by atoms with E-state index in [1.54, 1.807) is 24.3 Å². The SMILES string of the molecule is O[C@H](CNCc1ccc(F)cc1)c1ccc(F)cc1. The number of nitrogens with one attached hydrogen (secondary N) is 1. The van der Waals surface area contributed by atoms with Crippen molar-refractivity contribution < 1.29 is 13.9 Å². The van der Waals surface area contributed by atoms with Crippen molar-refractivity contribution in [2.75, 3.05) is 6.54 Å². The largest absolute Gasteiger partial charge is 0.387 e. The van der Waals surface area contributed by atoms with Crippen molar-refractivity contribution in [1.82, 2.24) is 5.32 Å². The van der Waals surface area contributed by atoms with Crippen LogP contribution in [0.5, 0.6) is 0 Å². The predicted molar refractivity (Wildman–Crippen MR) is 69.5 cm³/mol. The van der Waals surface area contributed by atoms with E-state index >= 15 is 0 Å². The van der Waals surface area contributed by atoms with E-state index in [1.165, 1.54) is 24.3 Å². The average molecular weight is 263 g/mol. The van der Waals surface area contributed by atoms with E-state index in [-0.39, 0.29) is 11.6 Å². The van der Waals surface area contributed by atoms with Gasteiger partial charge in [-0.05, 0) is 35.4 Å². The quantitative estimate of drug-likeness (QED) is 0.869. The van der Waals surface area contributed by atoms with Gasteiger partial charge in [-0.15, -0.1) is 0 Å². The highest BCUT2D eigenvalue weighted by molar-refractivity contribution is 5.19. The summed E-state index contributed by atoms with van der Waals surface area (Å²) in [5, 5.41) is 13.0. The molecule has 19 heavy (non-hydrogen) atoms. The Bertz CT molecular complexity index is 511. The molecule has 0 heterocycles. The van der Waals surface area contributed by atoms with Crippen LogP contribution >= 0.6 is 0 Å². The lowest BCUT2D eigenvalue weighted by Gasteiger charge is -2.12. The van der Waals surface area contributed by atoms with Crippen molar-refractivity contribution in [2.45, 2.75) is 12.6 Å². The van der Waals surface area contributed by atoms with E-state index in [9.17, 15) is 13.9 Å². The number of aliphatic hydroxyl groups is 1. The molecule has 2 rings (SSSR count). The first-order chi connectivity index (χ1) is 9.15. The number of halogens is 2. The van der Waals surface area contributed by atoms with E-state index in [4.69, 9.17) is 0 Å². The van der Waals surface area contributed by atoms with Gasteiger partial charge in [0.15, 0.2) is 0 Å². The molecule has 2 N–H and O–H groups in total. The first-order valence-electron chi connectivity index (χ1n) is 6.04. The molecule has 1 atom stereocenters. The lowest BCUT2D eigenvalue weighted by Crippen LogP contribution is -2.21. The minimum absolute atomic E-state index is 0.268. The Morgan fingerprint density at radius 3 is 2.00 bits per heavy atom. The maximum Gasteiger partial charge on any atom is 0.123 e. The summed E-state index contributed by atoms with van der Waals surface area (Å²) in [6, 6.07) is 11.9. The molecule has 0 saturated heterocycles. The summed E-state index contributed by atoms with van der Waals surface area (Å²) in [6.45, 7) is 0.890. The summed E-state index contributed by atoms with van der Waals surface area (Å²) in [4.78, 5) is 0. The maximum absolute atomic E-state index is 12.7. The van der Waals surface area contributed by atoms with Crippen LogP contribution < -0.4 is 5.32 Å². The van der Waals surface area contributed by atoms with Crippen molar-refractivity contribution in [1.29, 1.82) is 0 Å². The molecule has 0 amide bonds. The van der Waals surface area contributed by atoms with Gasteiger partial charge in [0, 0.05) is 13.1 Å². The van der Waals surface area contributed by atoms with Crippen molar-refractivity contribution in [3.05, 3.63) is 71.3 Å². The third-order valence-corrected chi connectivity index (χ3v) is 2.83. The number of hydrogen-bond acceptors (Lipinski definition) is 2. The Morgan fingerprint density at radius 2 is 1.42 bits per heavy atom. The minimum Gasteiger partial charge on any atom is -0.387 e. The molecule has 0 fully saturated rings. The molecular weight excluding hydrogens is 248 g/mol. The van der Waals surface area contributed by atoms with Gasteiger partial charge in [0.2, 0.25) is 0 Å². The molecule has 0 aliphatic rings. The van der Waals surface area contributed by atoms with Gasteiger partial charge in [-0.1, -0.05) is 24.3 Å². The zero-order chi connectivity index (χ0) is 13.7. The molecule has 0 unspecified atom stereocenters. The molecule has 0 aliphatic carbocycles. The smallest absolute Gasteiger partial charge is 0.123 e. The van der Waals surface area contributed by atoms with Gasteiger partial charge >= 0.3 is 0 Å². The molecule has 0 aromatic heterocycles. The summed E-state index contributed by atoms with van der Waals surface area (Å²) in [5.74, 6) is -0.592. The van der Waals surface area contributed by atoms with Crippen LogP contribution in [0.15, 0.2) is 48.5 Å². The summed E-state index contributed by atoms with van der Waals surface area (Å²) in [5.41, 5.74) is 1.60. The molecule has 2 aromatic carbocycles. The Balaban J connectivity index is 1.82. The second kappa shape index (κ2) is 6.41. The third-order valence-electron chi connectivity index (χ3n) is 2.83. The normalized spacial score (nSPS) is 12.4. The highest BCUT2D eigenvalue weighted by Gasteiger charge is 2.06. The molecular formula is C15H15F2NO. The lowest BCUT2D eigenvalue weighted by molar-refractivity contribution is 0.174. The van der Waals surface area contributed by atoms with Gasteiger partial charge in [-0.25, -0.2) is 8.78 Å². The maximum atomic E-state index is 12.7. The highest BCUT2D eigenvalue weighted by Crippen LogP contribution is 2.12. The fraction of sp³-hybridized carbons (Fsp3) is 0.200. The fourth-order valence-corrected chi connectivity index (χ4v) is 1.76. The molecule has 0 spiro atoms. The second-order valence-electron chi connectivity index (χ2n) is 4.32. The number of hydrogen-bond donors (Lipinski definition) is 2. The van der Waals surface area contributed by atoms with Crippen molar-refractivity contribution in [2.24, 2.45) is 0 Å². The Labute approximate surface area is 110 Å². The molecule has 2 aromatic rings. The van der Waals surface area contributed by atoms with Crippen LogP contribution in [0.4, 0.5) is 8.78 Å². The molecule has 0 bridgehead atoms. The number of aliphatic hydroxyl groups excluding tert-OH is 1. The van der Waals surface area contributed by atoms with E-state index in [1.807, 2.05) is 0 Å². The second-order valence-corrected chi connectivity index (χ2v) is 4.32. The van der Waals surface area contributed by atoms with Gasteiger partial charge in [0.05, 0.1) is 6.10 Å². The van der Waals surface area contributed by atoms with Gasteiger partial charge in [0.1, 0.15) is 11.6 Å². The van der Waals surface area contributed by atoms with Crippen LogP contribution in [0.2, 0.25) is 0 Å². The van der Waals surface area contributed by atoms with E-state index < -0.39 is 6.10 Å². The molecule has 2 nitrogen and oxygen atoms in total. The Morgan fingerprint density at radius 1 is 0.895 bits per heavy atom. The highest BCUT2D eigenvalue weighted by atomic mass is 19.1. The first kappa shape index (κ1) is 13.6. The van der Waals surface area contributed by atoms with Crippen molar-refractivity contribution >= 4 is 0 Å². The monoisotopic (exact) mass is 263 g/mol. The molecule has 100 valence electrons. The van der Waals surface area contributed by atoms with Gasteiger partial charge in [-0.3, -0.25) is 0 Å². The average Bonchev–Trinajstić information content (AvgIpc) is 2.41. The van der Waals surface area contributed by atoms with Gasteiger partial charge in [0.25, 0.3) is 0 Å². The van der Waals surface area contributed by atoms with Gasteiger partial charge in [-0.2, -0.15) is 0 Å². The summed E-state index contributed by atoms with van der Waals surface area (Å²) in [6.07, 6.45) is -0.693. The topological polar surface area (TPSA) is 32.3 Å². The molecule has 0 saturated carbocycles. The number of benzene rings is 2. The van der Waals surface area contributed by atoms with Crippen LogP contribution in [-0.4, -0.2) is 11.7 Å². The van der Waals surface area contributed by atoms with E-state index in [2.05, 4.69) is 5.32 Å². The van der Waals surface area contributed by atoms with Crippen LogP contribution in [0, 0.1) is 11.6 Å². The lowest BCUT2D eigenvalue weighted by atomic mass is 10.1. The Hall–Kier alpha value is -1.78. The molecule has 0 aliphatic heterocycles. The van der Waals surface area contributed by atoms with Crippen LogP contribution in [0.3, 0.4) is 0 Å². The fourth-order valence-electron chi connectivity index (χ4n) is 1.76. The van der Waals surface area contributed by atoms with E-state index in [0.717, 1.165) is 5.56 Å².